The fourth-order valence-corrected chi connectivity index (χ4v) is 4.38. The molecule has 1 fully saturated rings. The van der Waals surface area contributed by atoms with Crippen LogP contribution in [0.2, 0.25) is 0 Å². The Balaban J connectivity index is 1.81. The number of Topliss-reactive ketones (excluding diaryl/α,β-unsaturated/α-hetero) is 1. The molecule has 4 heterocycles. The van der Waals surface area contributed by atoms with Gasteiger partial charge in [0.15, 0.2) is 10.8 Å². The molecule has 2 aliphatic heterocycles. The minimum absolute atomic E-state index is 0.0459. The van der Waals surface area contributed by atoms with Gasteiger partial charge in [0.1, 0.15) is 6.04 Å². The molecule has 1 unspecified atom stereocenters. The molecule has 13 heteroatoms. The standard InChI is InChI=1S/C18H19F4N5O3S/c1-10-9-30-6-5-25(10)14-13(19)16(29)26-4-2-12(18(20,21)22)27(17(26)24-14)8-11(28)15-23-3-7-31-15/h3,7,10,12H,2,4-6,8-9H2,1H3/t10-,12?/m1/s1. The third-order valence-electron chi connectivity index (χ3n) is 5.34. The van der Waals surface area contributed by atoms with E-state index in [0.717, 1.165) is 20.8 Å². The molecule has 0 radical (unpaired) electrons. The topological polar surface area (TPSA) is 80.6 Å². The number of aromatic nitrogens is 3. The van der Waals surface area contributed by atoms with Crippen LogP contribution in [0.1, 0.15) is 23.1 Å². The van der Waals surface area contributed by atoms with E-state index in [-0.39, 0.29) is 49.1 Å². The summed E-state index contributed by atoms with van der Waals surface area (Å²) in [6.07, 6.45) is -3.80. The summed E-state index contributed by atoms with van der Waals surface area (Å²) in [5, 5.41) is 1.58. The number of rotatable bonds is 4. The predicted molar refractivity (Wildman–Crippen MR) is 104 cm³/mol. The lowest BCUT2D eigenvalue weighted by Gasteiger charge is -2.40. The molecule has 0 spiro atoms. The highest BCUT2D eigenvalue weighted by Gasteiger charge is 2.48. The van der Waals surface area contributed by atoms with Crippen LogP contribution in [0.5, 0.6) is 0 Å². The highest BCUT2D eigenvalue weighted by Crippen LogP contribution is 2.35. The molecule has 2 aliphatic rings. The summed E-state index contributed by atoms with van der Waals surface area (Å²) in [5.41, 5.74) is -1.06. The third kappa shape index (κ3) is 4.03. The maximum Gasteiger partial charge on any atom is 0.408 e. The molecule has 2 aromatic heterocycles. The van der Waals surface area contributed by atoms with Crippen LogP contribution < -0.4 is 15.4 Å². The van der Waals surface area contributed by atoms with Crippen molar-refractivity contribution in [2.75, 3.05) is 36.1 Å². The van der Waals surface area contributed by atoms with E-state index in [4.69, 9.17) is 4.74 Å². The van der Waals surface area contributed by atoms with Gasteiger partial charge in [-0.15, -0.1) is 11.3 Å². The Kier molecular flexibility index (Phi) is 5.73. The van der Waals surface area contributed by atoms with Gasteiger partial charge in [0.25, 0.3) is 5.56 Å². The maximum atomic E-state index is 14.9. The van der Waals surface area contributed by atoms with Gasteiger partial charge in [0, 0.05) is 24.7 Å². The number of nitrogens with zero attached hydrogens (tertiary/aromatic N) is 5. The zero-order valence-electron chi connectivity index (χ0n) is 16.4. The van der Waals surface area contributed by atoms with E-state index in [1.54, 1.807) is 6.92 Å². The lowest BCUT2D eigenvalue weighted by Crippen LogP contribution is -2.55. The number of ketones is 1. The average Bonchev–Trinajstić information content (AvgIpc) is 3.26. The van der Waals surface area contributed by atoms with Gasteiger partial charge in [-0.25, -0.2) is 4.98 Å². The Hall–Kier alpha value is -2.54. The Labute approximate surface area is 178 Å². The van der Waals surface area contributed by atoms with Crippen molar-refractivity contribution < 1.29 is 27.1 Å². The normalized spacial score (nSPS) is 21.8. The molecular weight excluding hydrogens is 442 g/mol. The first-order valence-corrected chi connectivity index (χ1v) is 10.5. The van der Waals surface area contributed by atoms with E-state index in [1.165, 1.54) is 16.5 Å². The molecule has 4 rings (SSSR count). The molecule has 1 saturated heterocycles. The zero-order chi connectivity index (χ0) is 22.3. The number of fused-ring (bicyclic) bond motifs is 1. The smallest absolute Gasteiger partial charge is 0.377 e. The summed E-state index contributed by atoms with van der Waals surface area (Å²) in [4.78, 5) is 35.5. The van der Waals surface area contributed by atoms with E-state index in [0.29, 0.717) is 0 Å². The third-order valence-corrected chi connectivity index (χ3v) is 6.15. The van der Waals surface area contributed by atoms with Gasteiger partial charge in [0.05, 0.1) is 25.8 Å². The maximum absolute atomic E-state index is 14.9. The van der Waals surface area contributed by atoms with Crippen LogP contribution in [-0.2, 0) is 11.3 Å². The van der Waals surface area contributed by atoms with Gasteiger partial charge in [0.2, 0.25) is 17.5 Å². The fourth-order valence-electron chi connectivity index (χ4n) is 3.81. The average molecular weight is 461 g/mol. The molecule has 2 aromatic rings. The van der Waals surface area contributed by atoms with Crippen LogP contribution in [0.25, 0.3) is 0 Å². The van der Waals surface area contributed by atoms with Crippen LogP contribution in [0, 0.1) is 5.82 Å². The van der Waals surface area contributed by atoms with E-state index in [1.807, 2.05) is 0 Å². The van der Waals surface area contributed by atoms with E-state index in [2.05, 4.69) is 9.97 Å². The molecule has 0 N–H and O–H groups in total. The minimum Gasteiger partial charge on any atom is -0.377 e. The number of ether oxygens (including phenoxy) is 1. The first kappa shape index (κ1) is 21.7. The Morgan fingerprint density at radius 2 is 2.13 bits per heavy atom. The van der Waals surface area contributed by atoms with Gasteiger partial charge >= 0.3 is 6.18 Å². The highest BCUT2D eigenvalue weighted by atomic mass is 32.1. The first-order chi connectivity index (χ1) is 14.7. The second-order valence-electron chi connectivity index (χ2n) is 7.36. The number of halogens is 4. The molecule has 8 nitrogen and oxygen atoms in total. The van der Waals surface area contributed by atoms with Crippen LogP contribution in [0.3, 0.4) is 0 Å². The molecule has 0 aromatic carbocycles. The van der Waals surface area contributed by atoms with Crippen molar-refractivity contribution in [2.45, 2.75) is 38.1 Å². The quantitative estimate of drug-likeness (QED) is 0.510. The minimum atomic E-state index is -4.67. The summed E-state index contributed by atoms with van der Waals surface area (Å²) in [6.45, 7) is 1.45. The van der Waals surface area contributed by atoms with Crippen LogP contribution in [-0.4, -0.2) is 64.9 Å². The van der Waals surface area contributed by atoms with Crippen LogP contribution in [0.15, 0.2) is 16.4 Å². The van der Waals surface area contributed by atoms with Gasteiger partial charge in [-0.1, -0.05) is 0 Å². The van der Waals surface area contributed by atoms with Crippen molar-refractivity contribution in [3.05, 3.63) is 32.8 Å². The molecule has 0 saturated carbocycles. The van der Waals surface area contributed by atoms with Crippen molar-refractivity contribution in [1.29, 1.82) is 0 Å². The number of carbonyl (C=O) groups excluding carboxylic acids is 1. The second-order valence-corrected chi connectivity index (χ2v) is 8.25. The molecule has 168 valence electrons. The largest absolute Gasteiger partial charge is 0.408 e. The van der Waals surface area contributed by atoms with E-state index >= 15 is 0 Å². The SMILES string of the molecule is C[C@@H]1COCCN1c1nc2n(c(=O)c1F)CCC(C(F)(F)F)N2CC(=O)c1nccs1. The van der Waals surface area contributed by atoms with Gasteiger partial charge in [-0.2, -0.15) is 22.5 Å². The van der Waals surface area contributed by atoms with Crippen molar-refractivity contribution >= 4 is 28.9 Å². The molecule has 0 aliphatic carbocycles. The summed E-state index contributed by atoms with van der Waals surface area (Å²) < 4.78 is 62.4. The van der Waals surface area contributed by atoms with Crippen molar-refractivity contribution in [2.24, 2.45) is 0 Å². The van der Waals surface area contributed by atoms with E-state index < -0.39 is 42.3 Å². The fraction of sp³-hybridized carbons (Fsp3) is 0.556. The summed E-state index contributed by atoms with van der Waals surface area (Å²) in [5.74, 6) is -2.48. The Morgan fingerprint density at radius 3 is 2.77 bits per heavy atom. The lowest BCUT2D eigenvalue weighted by atomic mass is 10.1. The van der Waals surface area contributed by atoms with Crippen LogP contribution in [0.4, 0.5) is 29.3 Å². The highest BCUT2D eigenvalue weighted by molar-refractivity contribution is 7.11. The van der Waals surface area contributed by atoms with Gasteiger partial charge in [-0.05, 0) is 13.3 Å². The van der Waals surface area contributed by atoms with Gasteiger partial charge < -0.3 is 14.5 Å². The first-order valence-electron chi connectivity index (χ1n) is 9.59. The molecule has 31 heavy (non-hydrogen) atoms. The Morgan fingerprint density at radius 1 is 1.35 bits per heavy atom. The number of alkyl halides is 3. The second kappa shape index (κ2) is 8.19. The van der Waals surface area contributed by atoms with Crippen molar-refractivity contribution in [1.82, 2.24) is 14.5 Å². The summed E-state index contributed by atoms with van der Waals surface area (Å²) in [6, 6.07) is -2.37. The Bertz CT molecular complexity index is 1030. The number of anilines is 2. The number of morpholine rings is 1. The van der Waals surface area contributed by atoms with Crippen LogP contribution >= 0.6 is 11.3 Å². The molecule has 2 atom stereocenters. The van der Waals surface area contributed by atoms with Gasteiger partial charge in [-0.3, -0.25) is 14.2 Å². The number of thiazole rings is 1. The van der Waals surface area contributed by atoms with Crippen molar-refractivity contribution in [3.63, 3.8) is 0 Å². The summed E-state index contributed by atoms with van der Waals surface area (Å²) in [7, 11) is 0. The zero-order valence-corrected chi connectivity index (χ0v) is 17.2. The molecule has 0 amide bonds. The monoisotopic (exact) mass is 461 g/mol. The number of carbonyl (C=O) groups is 1. The molecular formula is C18H19F4N5O3S. The number of hydrogen-bond acceptors (Lipinski definition) is 8. The van der Waals surface area contributed by atoms with Crippen molar-refractivity contribution in [3.8, 4) is 0 Å². The summed E-state index contributed by atoms with van der Waals surface area (Å²) >= 11 is 1.00. The number of hydrogen-bond donors (Lipinski definition) is 0. The predicted octanol–water partition coefficient (Wildman–Crippen LogP) is 2.09. The molecule has 0 bridgehead atoms. The lowest BCUT2D eigenvalue weighted by molar-refractivity contribution is -0.152. The van der Waals surface area contributed by atoms with E-state index in [9.17, 15) is 27.2 Å².